The van der Waals surface area contributed by atoms with E-state index in [2.05, 4.69) is 26.1 Å². The minimum atomic E-state index is -0.558. The van der Waals surface area contributed by atoms with E-state index in [0.717, 1.165) is 16.8 Å². The fourth-order valence-corrected chi connectivity index (χ4v) is 2.39. The number of anilines is 1. The van der Waals surface area contributed by atoms with Gasteiger partial charge in [-0.15, -0.1) is 0 Å². The summed E-state index contributed by atoms with van der Waals surface area (Å²) in [6.45, 7) is 10.1. The second-order valence-corrected chi connectivity index (χ2v) is 6.24. The Kier molecular flexibility index (Phi) is 5.43. The summed E-state index contributed by atoms with van der Waals surface area (Å²) < 4.78 is 5.77. The molecule has 0 radical (unpaired) electrons. The number of amides is 1. The van der Waals surface area contributed by atoms with Crippen molar-refractivity contribution < 1.29 is 9.53 Å². The molecular formula is C20H25NO2. The van der Waals surface area contributed by atoms with Gasteiger partial charge in [-0.2, -0.15) is 0 Å². The van der Waals surface area contributed by atoms with Crippen LogP contribution in [0.15, 0.2) is 42.5 Å². The number of aryl methyl sites for hydroxylation is 2. The zero-order chi connectivity index (χ0) is 17.0. The summed E-state index contributed by atoms with van der Waals surface area (Å²) in [7, 11) is 0. The van der Waals surface area contributed by atoms with E-state index in [1.54, 1.807) is 6.92 Å². The second-order valence-electron chi connectivity index (χ2n) is 6.24. The molecule has 0 aliphatic rings. The summed E-state index contributed by atoms with van der Waals surface area (Å²) in [5.41, 5.74) is 4.34. The van der Waals surface area contributed by atoms with E-state index in [4.69, 9.17) is 4.74 Å². The standard InChI is InChI=1S/C20H25NO2/c1-13(2)18-8-6-7-9-19(18)21-20(22)16(5)23-17-11-10-14(3)15(4)12-17/h6-13,16H,1-5H3,(H,21,22). The number of hydrogen-bond donors (Lipinski definition) is 1. The van der Waals surface area contributed by atoms with Crippen molar-refractivity contribution in [2.75, 3.05) is 5.32 Å². The molecule has 2 aromatic carbocycles. The summed E-state index contributed by atoms with van der Waals surface area (Å²) >= 11 is 0. The maximum atomic E-state index is 12.4. The van der Waals surface area contributed by atoms with Gasteiger partial charge in [-0.1, -0.05) is 38.1 Å². The molecule has 122 valence electrons. The van der Waals surface area contributed by atoms with Gasteiger partial charge in [-0.05, 0) is 61.6 Å². The molecule has 23 heavy (non-hydrogen) atoms. The number of nitrogens with one attached hydrogen (secondary N) is 1. The van der Waals surface area contributed by atoms with Crippen LogP contribution >= 0.6 is 0 Å². The van der Waals surface area contributed by atoms with Crippen LogP contribution in [0.25, 0.3) is 0 Å². The van der Waals surface area contributed by atoms with Crippen LogP contribution < -0.4 is 10.1 Å². The van der Waals surface area contributed by atoms with Crippen LogP contribution in [0.3, 0.4) is 0 Å². The highest BCUT2D eigenvalue weighted by Crippen LogP contribution is 2.24. The molecule has 0 fully saturated rings. The average molecular weight is 311 g/mol. The maximum absolute atomic E-state index is 12.4. The molecule has 3 nitrogen and oxygen atoms in total. The van der Waals surface area contributed by atoms with Gasteiger partial charge in [0.15, 0.2) is 6.10 Å². The average Bonchev–Trinajstić information content (AvgIpc) is 2.51. The zero-order valence-corrected chi connectivity index (χ0v) is 14.5. The van der Waals surface area contributed by atoms with Crippen molar-refractivity contribution >= 4 is 11.6 Å². The minimum absolute atomic E-state index is 0.142. The summed E-state index contributed by atoms with van der Waals surface area (Å²) in [6, 6.07) is 13.7. The van der Waals surface area contributed by atoms with Crippen molar-refractivity contribution in [3.8, 4) is 5.75 Å². The number of carbonyl (C=O) groups is 1. The fraction of sp³-hybridized carbons (Fsp3) is 0.350. The second kappa shape index (κ2) is 7.32. The van der Waals surface area contributed by atoms with E-state index in [0.29, 0.717) is 11.7 Å². The molecule has 0 heterocycles. The molecule has 1 unspecified atom stereocenters. The third kappa shape index (κ3) is 4.35. The van der Waals surface area contributed by atoms with Gasteiger partial charge in [0, 0.05) is 5.69 Å². The zero-order valence-electron chi connectivity index (χ0n) is 14.5. The third-order valence-corrected chi connectivity index (χ3v) is 4.00. The van der Waals surface area contributed by atoms with Gasteiger partial charge in [0.05, 0.1) is 0 Å². The molecule has 2 rings (SSSR count). The summed E-state index contributed by atoms with van der Waals surface area (Å²) in [6.07, 6.45) is -0.558. The number of para-hydroxylation sites is 1. The van der Waals surface area contributed by atoms with Gasteiger partial charge in [0.25, 0.3) is 5.91 Å². The number of carbonyl (C=O) groups excluding carboxylic acids is 1. The highest BCUT2D eigenvalue weighted by molar-refractivity contribution is 5.94. The molecule has 0 aliphatic heterocycles. The lowest BCUT2D eigenvalue weighted by molar-refractivity contribution is -0.122. The molecule has 2 aromatic rings. The van der Waals surface area contributed by atoms with Gasteiger partial charge < -0.3 is 10.1 Å². The number of rotatable bonds is 5. The SMILES string of the molecule is Cc1ccc(OC(C)C(=O)Nc2ccccc2C(C)C)cc1C. The first-order chi connectivity index (χ1) is 10.9. The van der Waals surface area contributed by atoms with Crippen LogP contribution in [0.4, 0.5) is 5.69 Å². The summed E-state index contributed by atoms with van der Waals surface area (Å²) in [4.78, 5) is 12.4. The number of hydrogen-bond acceptors (Lipinski definition) is 2. The smallest absolute Gasteiger partial charge is 0.265 e. The molecule has 0 saturated heterocycles. The summed E-state index contributed by atoms with van der Waals surface area (Å²) in [5, 5.41) is 2.97. The van der Waals surface area contributed by atoms with Crippen molar-refractivity contribution in [1.29, 1.82) is 0 Å². The Labute approximate surface area is 138 Å². The Hall–Kier alpha value is -2.29. The molecule has 0 aromatic heterocycles. The van der Waals surface area contributed by atoms with Gasteiger partial charge in [0.1, 0.15) is 5.75 Å². The normalized spacial score (nSPS) is 12.1. The van der Waals surface area contributed by atoms with E-state index < -0.39 is 6.10 Å². The Balaban J connectivity index is 2.07. The van der Waals surface area contributed by atoms with Crippen molar-refractivity contribution in [3.05, 3.63) is 59.2 Å². The Morgan fingerprint density at radius 1 is 1.00 bits per heavy atom. The monoisotopic (exact) mass is 311 g/mol. The lowest BCUT2D eigenvalue weighted by atomic mass is 10.0. The molecule has 0 spiro atoms. The van der Waals surface area contributed by atoms with Crippen molar-refractivity contribution in [3.63, 3.8) is 0 Å². The molecule has 3 heteroatoms. The highest BCUT2D eigenvalue weighted by atomic mass is 16.5. The Morgan fingerprint density at radius 3 is 2.35 bits per heavy atom. The van der Waals surface area contributed by atoms with E-state index >= 15 is 0 Å². The Bertz CT molecular complexity index is 692. The van der Waals surface area contributed by atoms with E-state index in [1.807, 2.05) is 49.4 Å². The van der Waals surface area contributed by atoms with Gasteiger partial charge in [-0.3, -0.25) is 4.79 Å². The van der Waals surface area contributed by atoms with Gasteiger partial charge in [0.2, 0.25) is 0 Å². The van der Waals surface area contributed by atoms with Crippen LogP contribution in [0.5, 0.6) is 5.75 Å². The lowest BCUT2D eigenvalue weighted by Crippen LogP contribution is -2.30. The van der Waals surface area contributed by atoms with Gasteiger partial charge in [-0.25, -0.2) is 0 Å². The lowest BCUT2D eigenvalue weighted by Gasteiger charge is -2.18. The predicted octanol–water partition coefficient (Wildman–Crippen LogP) is 4.83. The highest BCUT2D eigenvalue weighted by Gasteiger charge is 2.17. The number of ether oxygens (including phenoxy) is 1. The van der Waals surface area contributed by atoms with Gasteiger partial charge >= 0.3 is 0 Å². The first-order valence-corrected chi connectivity index (χ1v) is 8.02. The summed E-state index contributed by atoms with van der Waals surface area (Å²) in [5.74, 6) is 0.923. The molecule has 1 atom stereocenters. The maximum Gasteiger partial charge on any atom is 0.265 e. The quantitative estimate of drug-likeness (QED) is 0.858. The van der Waals surface area contributed by atoms with E-state index in [9.17, 15) is 4.79 Å². The van der Waals surface area contributed by atoms with Crippen molar-refractivity contribution in [2.24, 2.45) is 0 Å². The van der Waals surface area contributed by atoms with E-state index in [-0.39, 0.29) is 5.91 Å². The molecule has 1 N–H and O–H groups in total. The topological polar surface area (TPSA) is 38.3 Å². The van der Waals surface area contributed by atoms with Crippen LogP contribution in [0.1, 0.15) is 43.4 Å². The van der Waals surface area contributed by atoms with Crippen LogP contribution in [-0.2, 0) is 4.79 Å². The van der Waals surface area contributed by atoms with Crippen LogP contribution in [0.2, 0.25) is 0 Å². The largest absolute Gasteiger partial charge is 0.481 e. The molecule has 0 bridgehead atoms. The first kappa shape index (κ1) is 17.1. The van der Waals surface area contributed by atoms with Crippen molar-refractivity contribution in [1.82, 2.24) is 0 Å². The molecule has 0 saturated carbocycles. The molecular weight excluding hydrogens is 286 g/mol. The predicted molar refractivity (Wildman–Crippen MR) is 95.2 cm³/mol. The Morgan fingerprint density at radius 2 is 1.70 bits per heavy atom. The fourth-order valence-electron chi connectivity index (χ4n) is 2.39. The van der Waals surface area contributed by atoms with Crippen LogP contribution in [-0.4, -0.2) is 12.0 Å². The third-order valence-electron chi connectivity index (χ3n) is 4.00. The molecule has 0 aliphatic carbocycles. The number of benzene rings is 2. The first-order valence-electron chi connectivity index (χ1n) is 8.02. The van der Waals surface area contributed by atoms with Crippen molar-refractivity contribution in [2.45, 2.75) is 46.6 Å². The minimum Gasteiger partial charge on any atom is -0.481 e. The molecule has 1 amide bonds. The van der Waals surface area contributed by atoms with E-state index in [1.165, 1.54) is 5.56 Å². The van der Waals surface area contributed by atoms with Crippen LogP contribution in [0, 0.1) is 13.8 Å².